The van der Waals surface area contributed by atoms with Gasteiger partial charge in [0.15, 0.2) is 0 Å². The van der Waals surface area contributed by atoms with E-state index in [1.165, 1.54) is 10.7 Å². The Labute approximate surface area is 213 Å². The van der Waals surface area contributed by atoms with Crippen LogP contribution in [0.2, 0.25) is 0 Å². The van der Waals surface area contributed by atoms with Crippen molar-refractivity contribution >= 4 is 45.5 Å². The number of aromatic nitrogens is 8. The molecule has 0 aliphatic carbocycles. The van der Waals surface area contributed by atoms with Gasteiger partial charge >= 0.3 is 0 Å². The molecule has 0 fully saturated rings. The monoisotopic (exact) mass is 519 g/mol. The molecular weight excluding hydrogens is 497 g/mol. The number of hydrogen-bond donors (Lipinski definition) is 4. The highest BCUT2D eigenvalue weighted by molar-refractivity contribution is 5.99. The maximum atomic E-state index is 15.1. The van der Waals surface area contributed by atoms with Crippen LogP contribution in [0.1, 0.15) is 5.69 Å². The van der Waals surface area contributed by atoms with E-state index in [0.717, 1.165) is 5.52 Å². The van der Waals surface area contributed by atoms with E-state index >= 15 is 4.39 Å². The molecule has 0 spiro atoms. The summed E-state index contributed by atoms with van der Waals surface area (Å²) in [6, 6.07) is 8.57. The van der Waals surface area contributed by atoms with Crippen molar-refractivity contribution in [3.05, 3.63) is 48.0 Å². The Morgan fingerprint density at radius 1 is 1.03 bits per heavy atom. The number of H-pyrrole nitrogens is 1. The molecule has 15 heteroatoms. The Bertz CT molecular complexity index is 1670. The lowest BCUT2D eigenvalue weighted by molar-refractivity contribution is -0.127. The number of nitrogens with zero attached hydrogens (tertiary/aromatic N) is 7. The maximum Gasteiger partial charge on any atom is 0.269 e. The number of rotatable bonds is 8. The Balaban J connectivity index is 1.26. The molecule has 3 heterocycles. The van der Waals surface area contributed by atoms with Crippen molar-refractivity contribution in [3.63, 3.8) is 0 Å². The second-order valence-electron chi connectivity index (χ2n) is 8.44. The normalized spacial score (nSPS) is 11.1. The van der Waals surface area contributed by atoms with E-state index in [1.54, 1.807) is 49.1 Å². The smallest absolute Gasteiger partial charge is 0.269 e. The highest BCUT2D eigenvalue weighted by Crippen LogP contribution is 2.34. The van der Waals surface area contributed by atoms with E-state index in [9.17, 15) is 14.4 Å². The van der Waals surface area contributed by atoms with Crippen LogP contribution in [0.15, 0.2) is 36.5 Å². The zero-order valence-electron chi connectivity index (χ0n) is 20.3. The maximum absolute atomic E-state index is 15.1. The number of anilines is 1. The number of carbonyl (C=O) groups excluding carboxylic acids is 3. The summed E-state index contributed by atoms with van der Waals surface area (Å²) >= 11 is 0. The van der Waals surface area contributed by atoms with Crippen molar-refractivity contribution in [2.75, 3.05) is 18.4 Å². The van der Waals surface area contributed by atoms with Crippen molar-refractivity contribution in [3.8, 4) is 11.1 Å². The third kappa shape index (κ3) is 4.88. The zero-order chi connectivity index (χ0) is 26.8. The molecule has 14 nitrogen and oxygen atoms in total. The van der Waals surface area contributed by atoms with Gasteiger partial charge in [0.2, 0.25) is 17.7 Å². The lowest BCUT2D eigenvalue weighted by Gasteiger charge is -2.09. The fourth-order valence-corrected chi connectivity index (χ4v) is 4.14. The summed E-state index contributed by atoms with van der Waals surface area (Å²) in [6.45, 7) is 0.945. The first-order chi connectivity index (χ1) is 18.3. The van der Waals surface area contributed by atoms with Gasteiger partial charge in [-0.3, -0.25) is 29.1 Å². The molecule has 0 radical (unpaired) electrons. The first kappa shape index (κ1) is 24.5. The zero-order valence-corrected chi connectivity index (χ0v) is 20.3. The van der Waals surface area contributed by atoms with Crippen LogP contribution in [0.4, 0.5) is 10.3 Å². The summed E-state index contributed by atoms with van der Waals surface area (Å²) < 4.78 is 18.2. The van der Waals surface area contributed by atoms with Gasteiger partial charge in [-0.15, -0.1) is 5.10 Å². The molecule has 0 saturated heterocycles. The lowest BCUT2D eigenvalue weighted by Crippen LogP contribution is -2.41. The fraction of sp³-hybridized carbons (Fsp3) is 0.217. The molecule has 5 rings (SSSR count). The van der Waals surface area contributed by atoms with Gasteiger partial charge < -0.3 is 10.6 Å². The minimum Gasteiger partial charge on any atom is -0.345 e. The number of fused-ring (bicyclic) bond motifs is 2. The second kappa shape index (κ2) is 10.0. The number of benzene rings is 2. The molecule has 0 aliphatic heterocycles. The van der Waals surface area contributed by atoms with Crippen molar-refractivity contribution < 1.29 is 18.8 Å². The van der Waals surface area contributed by atoms with Gasteiger partial charge in [-0.05, 0) is 35.9 Å². The molecular formula is C23H22FN11O3. The van der Waals surface area contributed by atoms with Gasteiger partial charge in [0, 0.05) is 23.4 Å². The van der Waals surface area contributed by atoms with Gasteiger partial charge in [-0.25, -0.2) is 4.39 Å². The molecule has 0 aliphatic rings. The third-order valence-corrected chi connectivity index (χ3v) is 5.86. The first-order valence-corrected chi connectivity index (χ1v) is 11.4. The third-order valence-electron chi connectivity index (χ3n) is 5.86. The number of hydrogen-bond acceptors (Lipinski definition) is 8. The first-order valence-electron chi connectivity index (χ1n) is 11.4. The molecule has 0 saturated carbocycles. The number of aryl methyl sites for hydroxylation is 2. The predicted molar refractivity (Wildman–Crippen MR) is 133 cm³/mol. The second-order valence-corrected chi connectivity index (χ2v) is 8.44. The summed E-state index contributed by atoms with van der Waals surface area (Å²) in [5.41, 5.74) is 3.10. The van der Waals surface area contributed by atoms with Crippen molar-refractivity contribution in [2.24, 2.45) is 7.05 Å². The van der Waals surface area contributed by atoms with E-state index in [1.807, 2.05) is 0 Å². The predicted octanol–water partition coefficient (Wildman–Crippen LogP) is 0.422. The van der Waals surface area contributed by atoms with Crippen molar-refractivity contribution in [2.45, 2.75) is 13.5 Å². The average molecular weight is 520 g/mol. The van der Waals surface area contributed by atoms with E-state index in [2.05, 4.69) is 46.8 Å². The van der Waals surface area contributed by atoms with Crippen LogP contribution in [0.25, 0.3) is 32.9 Å². The van der Waals surface area contributed by atoms with Crippen LogP contribution in [0.5, 0.6) is 0 Å². The Kier molecular flexibility index (Phi) is 6.47. The Morgan fingerprint density at radius 3 is 2.61 bits per heavy atom. The minimum absolute atomic E-state index is 0.0253. The van der Waals surface area contributed by atoms with Crippen LogP contribution in [-0.4, -0.2) is 71.0 Å². The molecule has 0 atom stereocenters. The largest absolute Gasteiger partial charge is 0.345 e. The van der Waals surface area contributed by atoms with Crippen LogP contribution >= 0.6 is 0 Å². The topological polar surface area (TPSA) is 177 Å². The molecule has 4 N–H and O–H groups in total. The highest BCUT2D eigenvalue weighted by atomic mass is 19.1. The van der Waals surface area contributed by atoms with E-state index in [-0.39, 0.29) is 31.4 Å². The summed E-state index contributed by atoms with van der Waals surface area (Å²) in [5.74, 6) is -2.00. The van der Waals surface area contributed by atoms with E-state index < -0.39 is 17.7 Å². The number of amides is 3. The van der Waals surface area contributed by atoms with Gasteiger partial charge in [-0.1, -0.05) is 17.2 Å². The SMILES string of the molecule is Cc1nn(CC(=O)NCC(=O)NCC(=O)Nc2nn[nH]n2)c2cccc(-c3cc4c(cnn4C)cc3F)c12. The molecule has 0 unspecified atom stereocenters. The number of nitrogens with one attached hydrogen (secondary N) is 4. The van der Waals surface area contributed by atoms with Gasteiger partial charge in [0.05, 0.1) is 36.0 Å². The average Bonchev–Trinajstić information content (AvgIpc) is 3.61. The van der Waals surface area contributed by atoms with Crippen molar-refractivity contribution in [1.82, 2.24) is 50.8 Å². The molecule has 3 amide bonds. The van der Waals surface area contributed by atoms with Crippen molar-refractivity contribution in [1.29, 1.82) is 0 Å². The van der Waals surface area contributed by atoms with Gasteiger partial charge in [-0.2, -0.15) is 15.4 Å². The Morgan fingerprint density at radius 2 is 1.82 bits per heavy atom. The van der Waals surface area contributed by atoms with E-state index in [4.69, 9.17) is 0 Å². The van der Waals surface area contributed by atoms with Gasteiger partial charge in [0.1, 0.15) is 12.4 Å². The van der Waals surface area contributed by atoms with Crippen LogP contribution in [0.3, 0.4) is 0 Å². The number of halogens is 1. The quantitative estimate of drug-likeness (QED) is 0.228. The van der Waals surface area contributed by atoms with Crippen LogP contribution in [0, 0.1) is 12.7 Å². The Hall–Kier alpha value is -5.21. The minimum atomic E-state index is -0.563. The molecule has 194 valence electrons. The number of aromatic amines is 1. The van der Waals surface area contributed by atoms with Crippen LogP contribution < -0.4 is 16.0 Å². The fourth-order valence-electron chi connectivity index (χ4n) is 4.14. The summed E-state index contributed by atoms with van der Waals surface area (Å²) in [5, 5.41) is 29.9. The molecule has 5 aromatic rings. The van der Waals surface area contributed by atoms with Crippen LogP contribution in [-0.2, 0) is 28.0 Å². The summed E-state index contributed by atoms with van der Waals surface area (Å²) in [6.07, 6.45) is 1.61. The molecule has 3 aromatic heterocycles. The standard InChI is InChI=1S/C23H22FN11O3/c1-12-22-14(15-7-18-13(6-16(15)24)8-27-34(18)2)4-3-5-17(22)35(31-12)11-21(38)26-9-19(36)25-10-20(37)28-23-29-32-33-30-23/h3-8H,9-11H2,1-2H3,(H,25,36)(H,26,38)(H2,28,29,30,32,33,37). The van der Waals surface area contributed by atoms with E-state index in [0.29, 0.717) is 33.1 Å². The number of tetrazole rings is 1. The van der Waals surface area contributed by atoms with Gasteiger partial charge in [0.25, 0.3) is 5.95 Å². The summed E-state index contributed by atoms with van der Waals surface area (Å²) in [4.78, 5) is 36.4. The molecule has 0 bridgehead atoms. The highest BCUT2D eigenvalue weighted by Gasteiger charge is 2.18. The molecule has 2 aromatic carbocycles. The summed E-state index contributed by atoms with van der Waals surface area (Å²) in [7, 11) is 1.79. The molecule has 38 heavy (non-hydrogen) atoms. The number of carbonyl (C=O) groups is 3. The lowest BCUT2D eigenvalue weighted by atomic mass is 9.98.